The fourth-order valence-corrected chi connectivity index (χ4v) is 1.80. The first-order chi connectivity index (χ1) is 7.20. The van der Waals surface area contributed by atoms with Crippen molar-refractivity contribution in [3.8, 4) is 0 Å². The van der Waals surface area contributed by atoms with Gasteiger partial charge < -0.3 is 10.8 Å². The summed E-state index contributed by atoms with van der Waals surface area (Å²) in [6.45, 7) is 5.83. The fraction of sp³-hybridized carbons (Fsp3) is 0.727. The van der Waals surface area contributed by atoms with Crippen molar-refractivity contribution >= 4 is 0 Å². The summed E-state index contributed by atoms with van der Waals surface area (Å²) in [5.41, 5.74) is 9.04. The summed E-state index contributed by atoms with van der Waals surface area (Å²) in [5, 5.41) is 13.1. The van der Waals surface area contributed by atoms with Crippen LogP contribution in [0, 0.1) is 13.8 Å². The van der Waals surface area contributed by atoms with Crippen LogP contribution in [0.25, 0.3) is 0 Å². The van der Waals surface area contributed by atoms with E-state index in [0.29, 0.717) is 6.54 Å². The summed E-state index contributed by atoms with van der Waals surface area (Å²) >= 11 is 0. The summed E-state index contributed by atoms with van der Waals surface area (Å²) in [5.74, 6) is 0. The Hall–Kier alpha value is -0.870. The molecule has 0 bridgehead atoms. The summed E-state index contributed by atoms with van der Waals surface area (Å²) in [6, 6.07) is 0. The van der Waals surface area contributed by atoms with Gasteiger partial charge in [-0.3, -0.25) is 4.68 Å². The van der Waals surface area contributed by atoms with Crippen molar-refractivity contribution in [3.63, 3.8) is 0 Å². The maximum atomic E-state index is 8.67. The van der Waals surface area contributed by atoms with Crippen LogP contribution in [-0.4, -0.2) is 21.5 Å². The lowest BCUT2D eigenvalue weighted by Gasteiger charge is -2.04. The third-order valence-electron chi connectivity index (χ3n) is 2.76. The Bertz CT molecular complexity index is 307. The highest BCUT2D eigenvalue weighted by atomic mass is 16.2. The molecule has 1 aromatic heterocycles. The summed E-state index contributed by atoms with van der Waals surface area (Å²) in [7, 11) is 0. The molecule has 15 heavy (non-hydrogen) atoms. The largest absolute Gasteiger partial charge is 0.396 e. The maximum absolute atomic E-state index is 8.67. The van der Waals surface area contributed by atoms with Crippen molar-refractivity contribution in [1.82, 2.24) is 9.78 Å². The number of hydrogen-bond donors (Lipinski definition) is 2. The van der Waals surface area contributed by atoms with Crippen LogP contribution >= 0.6 is 0 Å². The lowest BCUT2D eigenvalue weighted by molar-refractivity contribution is 0.281. The molecule has 86 valence electrons. The van der Waals surface area contributed by atoms with E-state index in [1.54, 1.807) is 0 Å². The zero-order valence-corrected chi connectivity index (χ0v) is 9.66. The molecular formula is C11H21N3O. The molecule has 4 nitrogen and oxygen atoms in total. The molecular weight excluding hydrogens is 190 g/mol. The van der Waals surface area contributed by atoms with Gasteiger partial charge in [0, 0.05) is 31.0 Å². The van der Waals surface area contributed by atoms with E-state index in [-0.39, 0.29) is 6.61 Å². The third-order valence-corrected chi connectivity index (χ3v) is 2.76. The van der Waals surface area contributed by atoms with Crippen LogP contribution < -0.4 is 5.73 Å². The van der Waals surface area contributed by atoms with Gasteiger partial charge in [-0.05, 0) is 33.1 Å². The Morgan fingerprint density at radius 1 is 1.27 bits per heavy atom. The molecule has 0 fully saturated rings. The number of hydrogen-bond acceptors (Lipinski definition) is 3. The van der Waals surface area contributed by atoms with Gasteiger partial charge in [-0.2, -0.15) is 5.10 Å². The molecule has 1 heterocycles. The standard InChI is InChI=1S/C11H21N3O/c1-9-11(8-12)10(2)14(13-9)6-4-3-5-7-15/h15H,3-8,12H2,1-2H3. The first-order valence-electron chi connectivity index (χ1n) is 5.54. The molecule has 0 spiro atoms. The second-order valence-electron chi connectivity index (χ2n) is 3.86. The topological polar surface area (TPSA) is 64.1 Å². The Labute approximate surface area is 91.1 Å². The monoisotopic (exact) mass is 211 g/mol. The molecule has 0 saturated heterocycles. The van der Waals surface area contributed by atoms with Gasteiger partial charge in [-0.15, -0.1) is 0 Å². The van der Waals surface area contributed by atoms with Gasteiger partial charge >= 0.3 is 0 Å². The van der Waals surface area contributed by atoms with E-state index in [4.69, 9.17) is 10.8 Å². The van der Waals surface area contributed by atoms with Crippen LogP contribution in [0.1, 0.15) is 36.2 Å². The van der Waals surface area contributed by atoms with Crippen LogP contribution in [0.15, 0.2) is 0 Å². The predicted molar refractivity (Wildman–Crippen MR) is 60.5 cm³/mol. The van der Waals surface area contributed by atoms with E-state index >= 15 is 0 Å². The van der Waals surface area contributed by atoms with Gasteiger partial charge in [0.2, 0.25) is 0 Å². The number of unbranched alkanes of at least 4 members (excludes halogenated alkanes) is 2. The van der Waals surface area contributed by atoms with Crippen LogP contribution in [0.2, 0.25) is 0 Å². The fourth-order valence-electron chi connectivity index (χ4n) is 1.80. The Balaban J connectivity index is 2.54. The SMILES string of the molecule is Cc1nn(CCCCCO)c(C)c1CN. The molecule has 0 unspecified atom stereocenters. The summed E-state index contributed by atoms with van der Waals surface area (Å²) in [6.07, 6.45) is 2.99. The van der Waals surface area contributed by atoms with Gasteiger partial charge in [0.25, 0.3) is 0 Å². The van der Waals surface area contributed by atoms with Gasteiger partial charge in [-0.1, -0.05) is 0 Å². The highest BCUT2D eigenvalue weighted by Crippen LogP contribution is 2.12. The van der Waals surface area contributed by atoms with Crippen LogP contribution in [0.4, 0.5) is 0 Å². The number of rotatable bonds is 6. The maximum Gasteiger partial charge on any atom is 0.0641 e. The van der Waals surface area contributed by atoms with Crippen molar-refractivity contribution < 1.29 is 5.11 Å². The Morgan fingerprint density at radius 3 is 2.53 bits per heavy atom. The lowest BCUT2D eigenvalue weighted by Crippen LogP contribution is -2.04. The van der Waals surface area contributed by atoms with E-state index in [1.165, 1.54) is 5.69 Å². The molecule has 0 amide bonds. The second kappa shape index (κ2) is 5.88. The van der Waals surface area contributed by atoms with Gasteiger partial charge in [0.15, 0.2) is 0 Å². The minimum atomic E-state index is 0.283. The van der Waals surface area contributed by atoms with E-state index in [9.17, 15) is 0 Å². The average molecular weight is 211 g/mol. The van der Waals surface area contributed by atoms with Crippen molar-refractivity contribution in [2.45, 2.75) is 46.2 Å². The zero-order chi connectivity index (χ0) is 11.3. The van der Waals surface area contributed by atoms with E-state index in [0.717, 1.165) is 37.1 Å². The van der Waals surface area contributed by atoms with E-state index < -0.39 is 0 Å². The molecule has 1 aromatic rings. The molecule has 0 aliphatic rings. The molecule has 0 saturated carbocycles. The number of nitrogens with zero attached hydrogens (tertiary/aromatic N) is 2. The molecule has 0 aliphatic carbocycles. The van der Waals surface area contributed by atoms with E-state index in [1.807, 2.05) is 11.6 Å². The third kappa shape index (κ3) is 3.04. The van der Waals surface area contributed by atoms with Crippen molar-refractivity contribution in [2.24, 2.45) is 5.73 Å². The highest BCUT2D eigenvalue weighted by molar-refractivity contribution is 5.23. The molecule has 4 heteroatoms. The van der Waals surface area contributed by atoms with Crippen molar-refractivity contribution in [2.75, 3.05) is 6.61 Å². The van der Waals surface area contributed by atoms with Crippen LogP contribution in [-0.2, 0) is 13.1 Å². The first-order valence-corrected chi connectivity index (χ1v) is 5.54. The Kier molecular flexibility index (Phi) is 4.78. The summed E-state index contributed by atoms with van der Waals surface area (Å²) < 4.78 is 2.02. The number of aromatic nitrogens is 2. The minimum Gasteiger partial charge on any atom is -0.396 e. The van der Waals surface area contributed by atoms with E-state index in [2.05, 4.69) is 12.0 Å². The van der Waals surface area contributed by atoms with Crippen molar-refractivity contribution in [3.05, 3.63) is 17.0 Å². The van der Waals surface area contributed by atoms with Crippen LogP contribution in [0.3, 0.4) is 0 Å². The predicted octanol–water partition coefficient (Wildman–Crippen LogP) is 1.12. The number of aryl methyl sites for hydroxylation is 2. The second-order valence-corrected chi connectivity index (χ2v) is 3.86. The van der Waals surface area contributed by atoms with Gasteiger partial charge in [-0.25, -0.2) is 0 Å². The molecule has 1 rings (SSSR count). The molecule has 0 aliphatic heterocycles. The number of nitrogens with two attached hydrogens (primary N) is 1. The molecule has 0 aromatic carbocycles. The number of aliphatic hydroxyl groups is 1. The minimum absolute atomic E-state index is 0.283. The van der Waals surface area contributed by atoms with Gasteiger partial charge in [0.05, 0.1) is 5.69 Å². The summed E-state index contributed by atoms with van der Waals surface area (Å²) in [4.78, 5) is 0. The van der Waals surface area contributed by atoms with Crippen LogP contribution in [0.5, 0.6) is 0 Å². The zero-order valence-electron chi connectivity index (χ0n) is 9.66. The van der Waals surface area contributed by atoms with Crippen molar-refractivity contribution in [1.29, 1.82) is 0 Å². The number of aliphatic hydroxyl groups excluding tert-OH is 1. The molecule has 3 N–H and O–H groups in total. The Morgan fingerprint density at radius 2 is 2.00 bits per heavy atom. The normalized spacial score (nSPS) is 10.9. The quantitative estimate of drug-likeness (QED) is 0.693. The molecule has 0 radical (unpaired) electrons. The average Bonchev–Trinajstić information content (AvgIpc) is 2.49. The highest BCUT2D eigenvalue weighted by Gasteiger charge is 2.08. The lowest BCUT2D eigenvalue weighted by atomic mass is 10.2. The van der Waals surface area contributed by atoms with Gasteiger partial charge in [0.1, 0.15) is 0 Å². The first kappa shape index (κ1) is 12.2. The smallest absolute Gasteiger partial charge is 0.0641 e. The molecule has 0 atom stereocenters.